The molecule has 1 atom stereocenters. The largest absolute Gasteiger partial charge is 0.496 e. The number of rotatable bonds is 6. The lowest BCUT2D eigenvalue weighted by Crippen LogP contribution is -2.22. The smallest absolute Gasteiger partial charge is 0.124 e. The summed E-state index contributed by atoms with van der Waals surface area (Å²) < 4.78 is 5.29. The van der Waals surface area contributed by atoms with E-state index in [9.17, 15) is 5.11 Å². The zero-order valence-electron chi connectivity index (χ0n) is 10.9. The van der Waals surface area contributed by atoms with Crippen LogP contribution in [0.3, 0.4) is 0 Å². The van der Waals surface area contributed by atoms with E-state index in [0.29, 0.717) is 18.6 Å². The molecule has 2 N–H and O–H groups in total. The van der Waals surface area contributed by atoms with Crippen molar-refractivity contribution < 1.29 is 14.9 Å². The van der Waals surface area contributed by atoms with Gasteiger partial charge in [0.2, 0.25) is 0 Å². The first-order valence-electron chi connectivity index (χ1n) is 6.05. The Bertz CT molecular complexity index is 358. The van der Waals surface area contributed by atoms with Crippen molar-refractivity contribution in [2.45, 2.75) is 38.7 Å². The molecule has 0 radical (unpaired) electrons. The molecule has 0 bridgehead atoms. The molecule has 0 aromatic heterocycles. The molecule has 3 heteroatoms. The van der Waals surface area contributed by atoms with Crippen LogP contribution in [-0.2, 0) is 12.0 Å². The molecule has 0 saturated heterocycles. The van der Waals surface area contributed by atoms with E-state index in [4.69, 9.17) is 9.84 Å². The van der Waals surface area contributed by atoms with Gasteiger partial charge in [0.25, 0.3) is 0 Å². The van der Waals surface area contributed by atoms with Gasteiger partial charge in [0.15, 0.2) is 0 Å². The van der Waals surface area contributed by atoms with Crippen LogP contribution in [0.2, 0.25) is 0 Å². The molecule has 1 aromatic rings. The lowest BCUT2D eigenvalue weighted by atomic mass is 9.89. The van der Waals surface area contributed by atoms with E-state index in [2.05, 4.69) is 6.92 Å². The van der Waals surface area contributed by atoms with Crippen molar-refractivity contribution in [2.75, 3.05) is 13.7 Å². The highest BCUT2D eigenvalue weighted by Gasteiger charge is 2.26. The molecule has 0 amide bonds. The summed E-state index contributed by atoms with van der Waals surface area (Å²) in [6, 6.07) is 5.88. The van der Waals surface area contributed by atoms with Gasteiger partial charge in [-0.25, -0.2) is 0 Å². The van der Waals surface area contributed by atoms with Gasteiger partial charge in [0.05, 0.1) is 12.7 Å². The van der Waals surface area contributed by atoms with Crippen LogP contribution in [0.4, 0.5) is 0 Å². The number of hydrogen-bond donors (Lipinski definition) is 2. The topological polar surface area (TPSA) is 49.7 Å². The van der Waals surface area contributed by atoms with Gasteiger partial charge >= 0.3 is 0 Å². The molecule has 0 heterocycles. The second kappa shape index (κ2) is 6.03. The van der Waals surface area contributed by atoms with Crippen molar-refractivity contribution in [3.8, 4) is 5.75 Å². The SMILES string of the molecule is CCc1ccc(OC)c(C(C)(O)CCCO)c1. The number of aliphatic hydroxyl groups excluding tert-OH is 1. The Labute approximate surface area is 103 Å². The van der Waals surface area contributed by atoms with Crippen molar-refractivity contribution in [3.63, 3.8) is 0 Å². The van der Waals surface area contributed by atoms with Gasteiger partial charge < -0.3 is 14.9 Å². The number of ether oxygens (including phenoxy) is 1. The molecule has 17 heavy (non-hydrogen) atoms. The molecule has 1 rings (SSSR count). The number of methoxy groups -OCH3 is 1. The molecule has 3 nitrogen and oxygen atoms in total. The van der Waals surface area contributed by atoms with E-state index in [1.165, 1.54) is 5.56 Å². The highest BCUT2D eigenvalue weighted by atomic mass is 16.5. The van der Waals surface area contributed by atoms with E-state index in [-0.39, 0.29) is 6.61 Å². The minimum absolute atomic E-state index is 0.0892. The second-order valence-electron chi connectivity index (χ2n) is 4.49. The van der Waals surface area contributed by atoms with E-state index in [1.54, 1.807) is 14.0 Å². The van der Waals surface area contributed by atoms with E-state index < -0.39 is 5.60 Å². The third-order valence-electron chi connectivity index (χ3n) is 3.07. The maximum atomic E-state index is 10.5. The van der Waals surface area contributed by atoms with Crippen LogP contribution in [0.25, 0.3) is 0 Å². The predicted molar refractivity (Wildman–Crippen MR) is 68.3 cm³/mol. The zero-order chi connectivity index (χ0) is 12.9. The van der Waals surface area contributed by atoms with Crippen LogP contribution < -0.4 is 4.74 Å². The highest BCUT2D eigenvalue weighted by molar-refractivity contribution is 5.41. The van der Waals surface area contributed by atoms with Gasteiger partial charge in [0, 0.05) is 12.2 Å². The number of aryl methyl sites for hydroxylation is 1. The van der Waals surface area contributed by atoms with Crippen molar-refractivity contribution in [1.82, 2.24) is 0 Å². The molecule has 96 valence electrons. The fraction of sp³-hybridized carbons (Fsp3) is 0.571. The molecule has 0 fully saturated rings. The monoisotopic (exact) mass is 238 g/mol. The molecule has 0 aliphatic rings. The summed E-state index contributed by atoms with van der Waals surface area (Å²) in [5.74, 6) is 0.699. The van der Waals surface area contributed by atoms with Crippen LogP contribution in [0.5, 0.6) is 5.75 Å². The van der Waals surface area contributed by atoms with Crippen molar-refractivity contribution >= 4 is 0 Å². The summed E-state index contributed by atoms with van der Waals surface area (Å²) in [6.07, 6.45) is 2.02. The number of aliphatic hydroxyl groups is 2. The molecular formula is C14H22O3. The molecule has 1 aromatic carbocycles. The fourth-order valence-corrected chi connectivity index (χ4v) is 1.95. The fourth-order valence-electron chi connectivity index (χ4n) is 1.95. The van der Waals surface area contributed by atoms with Crippen LogP contribution in [0.15, 0.2) is 18.2 Å². The number of benzene rings is 1. The summed E-state index contributed by atoms with van der Waals surface area (Å²) >= 11 is 0. The van der Waals surface area contributed by atoms with Gasteiger partial charge in [-0.1, -0.05) is 13.0 Å². The first-order valence-corrected chi connectivity index (χ1v) is 6.05. The predicted octanol–water partition coefficient (Wildman–Crippen LogP) is 2.24. The lowest BCUT2D eigenvalue weighted by molar-refractivity contribution is 0.0379. The van der Waals surface area contributed by atoms with Crippen LogP contribution in [0, 0.1) is 0 Å². The standard InChI is InChI=1S/C14H22O3/c1-4-11-6-7-13(17-3)12(10-11)14(2,16)8-5-9-15/h6-7,10,15-16H,4-5,8-9H2,1-3H3. The summed E-state index contributed by atoms with van der Waals surface area (Å²) in [4.78, 5) is 0. The lowest BCUT2D eigenvalue weighted by Gasteiger charge is -2.26. The third kappa shape index (κ3) is 3.45. The van der Waals surface area contributed by atoms with E-state index in [0.717, 1.165) is 12.0 Å². The van der Waals surface area contributed by atoms with Crippen molar-refractivity contribution in [3.05, 3.63) is 29.3 Å². The van der Waals surface area contributed by atoms with Gasteiger partial charge in [0.1, 0.15) is 5.75 Å². The molecule has 1 unspecified atom stereocenters. The minimum Gasteiger partial charge on any atom is -0.496 e. The minimum atomic E-state index is -0.959. The maximum absolute atomic E-state index is 10.5. The molecular weight excluding hydrogens is 216 g/mol. The Balaban J connectivity index is 3.07. The van der Waals surface area contributed by atoms with Gasteiger partial charge in [-0.3, -0.25) is 0 Å². The third-order valence-corrected chi connectivity index (χ3v) is 3.07. The van der Waals surface area contributed by atoms with Gasteiger partial charge in [-0.15, -0.1) is 0 Å². The van der Waals surface area contributed by atoms with Crippen molar-refractivity contribution in [1.29, 1.82) is 0 Å². The highest BCUT2D eigenvalue weighted by Crippen LogP contribution is 2.34. The Morgan fingerprint density at radius 3 is 2.59 bits per heavy atom. The Hall–Kier alpha value is -1.06. The first-order chi connectivity index (χ1) is 8.05. The Morgan fingerprint density at radius 1 is 1.35 bits per heavy atom. The average molecular weight is 238 g/mol. The van der Waals surface area contributed by atoms with Crippen LogP contribution in [-0.4, -0.2) is 23.9 Å². The molecule has 0 aliphatic carbocycles. The summed E-state index contributed by atoms with van der Waals surface area (Å²) in [7, 11) is 1.60. The Morgan fingerprint density at radius 2 is 2.06 bits per heavy atom. The van der Waals surface area contributed by atoms with Crippen molar-refractivity contribution in [2.24, 2.45) is 0 Å². The Kier molecular flexibility index (Phi) is 4.97. The zero-order valence-corrected chi connectivity index (χ0v) is 10.9. The molecule has 0 saturated carbocycles. The second-order valence-corrected chi connectivity index (χ2v) is 4.49. The summed E-state index contributed by atoms with van der Waals surface area (Å²) in [5.41, 5.74) is 1.01. The molecule has 0 spiro atoms. The summed E-state index contributed by atoms with van der Waals surface area (Å²) in [6.45, 7) is 3.93. The first kappa shape index (κ1) is 14.0. The van der Waals surface area contributed by atoms with Gasteiger partial charge in [-0.2, -0.15) is 0 Å². The quantitative estimate of drug-likeness (QED) is 0.799. The average Bonchev–Trinajstić information content (AvgIpc) is 2.35. The van der Waals surface area contributed by atoms with E-state index in [1.807, 2.05) is 18.2 Å². The maximum Gasteiger partial charge on any atom is 0.124 e. The molecule has 0 aliphatic heterocycles. The van der Waals surface area contributed by atoms with E-state index >= 15 is 0 Å². The van der Waals surface area contributed by atoms with Crippen LogP contribution in [0.1, 0.15) is 37.8 Å². The van der Waals surface area contributed by atoms with Gasteiger partial charge in [-0.05, 0) is 43.9 Å². The van der Waals surface area contributed by atoms with Crippen LogP contribution >= 0.6 is 0 Å². The summed E-state index contributed by atoms with van der Waals surface area (Å²) in [5, 5.41) is 19.3. The normalized spacial score (nSPS) is 14.4. The number of hydrogen-bond acceptors (Lipinski definition) is 3.